The summed E-state index contributed by atoms with van der Waals surface area (Å²) in [5.41, 5.74) is 1.70. The number of carbonyl (C=O) groups excluding carboxylic acids is 2. The number of hydrogen-bond donors (Lipinski definition) is 2. The van der Waals surface area contributed by atoms with E-state index >= 15 is 0 Å². The normalized spacial score (nSPS) is 15.6. The van der Waals surface area contributed by atoms with Gasteiger partial charge in [-0.05, 0) is 49.4 Å². The van der Waals surface area contributed by atoms with Crippen LogP contribution >= 0.6 is 0 Å². The van der Waals surface area contributed by atoms with Crippen molar-refractivity contribution in [2.45, 2.75) is 6.42 Å². The molecule has 2 aliphatic rings. The van der Waals surface area contributed by atoms with Crippen molar-refractivity contribution in [2.75, 3.05) is 69.8 Å². The van der Waals surface area contributed by atoms with E-state index in [4.69, 9.17) is 14.2 Å². The van der Waals surface area contributed by atoms with Crippen LogP contribution in [0.4, 0.5) is 11.4 Å². The van der Waals surface area contributed by atoms with Gasteiger partial charge in [-0.15, -0.1) is 0 Å². The van der Waals surface area contributed by atoms with Gasteiger partial charge in [0.2, 0.25) is 0 Å². The Morgan fingerprint density at radius 2 is 1.67 bits per heavy atom. The minimum Gasteiger partial charge on any atom is -0.497 e. The van der Waals surface area contributed by atoms with Crippen molar-refractivity contribution >= 4 is 23.2 Å². The molecule has 9 heteroatoms. The quantitative estimate of drug-likeness (QED) is 0.486. The van der Waals surface area contributed by atoms with Gasteiger partial charge in [0.1, 0.15) is 19.0 Å². The molecule has 2 aliphatic heterocycles. The molecular formula is C24H30N4O5. The molecule has 0 radical (unpaired) electrons. The van der Waals surface area contributed by atoms with Crippen molar-refractivity contribution in [3.05, 3.63) is 42.5 Å². The molecule has 2 heterocycles. The highest BCUT2D eigenvalue weighted by molar-refractivity contribution is 6.39. The number of piperazine rings is 1. The molecule has 33 heavy (non-hydrogen) atoms. The molecule has 2 aromatic rings. The SMILES string of the molecule is COc1ccc(N2CCN(CCCNC(=O)C(=O)Nc3ccc4c(c3)OCCO4)CC2)cc1. The summed E-state index contributed by atoms with van der Waals surface area (Å²) in [7, 11) is 1.67. The first-order valence-corrected chi connectivity index (χ1v) is 11.2. The van der Waals surface area contributed by atoms with Crippen molar-refractivity contribution < 1.29 is 23.8 Å². The highest BCUT2D eigenvalue weighted by atomic mass is 16.6. The molecule has 9 nitrogen and oxygen atoms in total. The number of rotatable bonds is 7. The first kappa shape index (κ1) is 22.7. The molecule has 2 aromatic carbocycles. The van der Waals surface area contributed by atoms with E-state index in [9.17, 15) is 9.59 Å². The van der Waals surface area contributed by atoms with Gasteiger partial charge in [0.25, 0.3) is 0 Å². The van der Waals surface area contributed by atoms with E-state index in [1.165, 1.54) is 5.69 Å². The van der Waals surface area contributed by atoms with Gasteiger partial charge in [0.05, 0.1) is 7.11 Å². The molecule has 176 valence electrons. The van der Waals surface area contributed by atoms with Crippen LogP contribution < -0.4 is 29.7 Å². The Hall–Kier alpha value is -3.46. The second-order valence-electron chi connectivity index (χ2n) is 7.95. The second kappa shape index (κ2) is 10.9. The Bertz CT molecular complexity index is 958. The summed E-state index contributed by atoms with van der Waals surface area (Å²) in [5.74, 6) is 0.716. The zero-order chi connectivity index (χ0) is 23.0. The van der Waals surface area contributed by atoms with E-state index in [-0.39, 0.29) is 0 Å². The fourth-order valence-electron chi connectivity index (χ4n) is 3.92. The third kappa shape index (κ3) is 6.07. The van der Waals surface area contributed by atoms with Crippen molar-refractivity contribution in [1.82, 2.24) is 10.2 Å². The molecule has 2 N–H and O–H groups in total. The number of benzene rings is 2. The topological polar surface area (TPSA) is 92.4 Å². The maximum atomic E-state index is 12.2. The monoisotopic (exact) mass is 454 g/mol. The number of anilines is 2. The summed E-state index contributed by atoms with van der Waals surface area (Å²) in [4.78, 5) is 29.0. The zero-order valence-electron chi connectivity index (χ0n) is 18.8. The summed E-state index contributed by atoms with van der Waals surface area (Å²) in [6.07, 6.45) is 0.783. The number of methoxy groups -OCH3 is 1. The van der Waals surface area contributed by atoms with E-state index in [2.05, 4.69) is 32.6 Å². The molecule has 0 unspecified atom stereocenters. The lowest BCUT2D eigenvalue weighted by molar-refractivity contribution is -0.136. The summed E-state index contributed by atoms with van der Waals surface area (Å²) in [5, 5.41) is 5.29. The van der Waals surface area contributed by atoms with Crippen LogP contribution in [0.25, 0.3) is 0 Å². The highest BCUT2D eigenvalue weighted by Crippen LogP contribution is 2.32. The molecule has 0 aromatic heterocycles. The smallest absolute Gasteiger partial charge is 0.313 e. The van der Waals surface area contributed by atoms with E-state index in [0.717, 1.165) is 44.9 Å². The Morgan fingerprint density at radius 3 is 2.39 bits per heavy atom. The van der Waals surface area contributed by atoms with Crippen LogP contribution in [0.3, 0.4) is 0 Å². The first-order chi connectivity index (χ1) is 16.1. The zero-order valence-corrected chi connectivity index (χ0v) is 18.8. The Labute approximate surface area is 193 Å². The van der Waals surface area contributed by atoms with Gasteiger partial charge in [-0.3, -0.25) is 14.5 Å². The van der Waals surface area contributed by atoms with Crippen molar-refractivity contribution in [1.29, 1.82) is 0 Å². The number of ether oxygens (including phenoxy) is 3. The lowest BCUT2D eigenvalue weighted by Crippen LogP contribution is -2.47. The predicted molar refractivity (Wildman–Crippen MR) is 125 cm³/mol. The molecular weight excluding hydrogens is 424 g/mol. The molecule has 0 spiro atoms. The van der Waals surface area contributed by atoms with Crippen molar-refractivity contribution in [3.8, 4) is 17.2 Å². The van der Waals surface area contributed by atoms with Crippen molar-refractivity contribution in [3.63, 3.8) is 0 Å². The number of fused-ring (bicyclic) bond motifs is 1. The molecule has 2 amide bonds. The first-order valence-electron chi connectivity index (χ1n) is 11.2. The molecule has 0 saturated carbocycles. The Kier molecular flexibility index (Phi) is 7.51. The van der Waals surface area contributed by atoms with Crippen LogP contribution in [0.2, 0.25) is 0 Å². The predicted octanol–water partition coefficient (Wildman–Crippen LogP) is 1.73. The van der Waals surface area contributed by atoms with E-state index in [1.54, 1.807) is 25.3 Å². The van der Waals surface area contributed by atoms with Gasteiger partial charge in [0, 0.05) is 50.2 Å². The van der Waals surface area contributed by atoms with Crippen LogP contribution in [-0.2, 0) is 9.59 Å². The molecule has 0 atom stereocenters. The summed E-state index contributed by atoms with van der Waals surface area (Å²) >= 11 is 0. The van der Waals surface area contributed by atoms with Crippen LogP contribution in [0, 0.1) is 0 Å². The maximum Gasteiger partial charge on any atom is 0.313 e. The second-order valence-corrected chi connectivity index (χ2v) is 7.95. The van der Waals surface area contributed by atoms with Gasteiger partial charge >= 0.3 is 11.8 Å². The van der Waals surface area contributed by atoms with Crippen LogP contribution in [-0.4, -0.2) is 76.3 Å². The average Bonchev–Trinajstić information content (AvgIpc) is 2.87. The highest BCUT2D eigenvalue weighted by Gasteiger charge is 2.18. The lowest BCUT2D eigenvalue weighted by Gasteiger charge is -2.36. The van der Waals surface area contributed by atoms with Gasteiger partial charge < -0.3 is 29.7 Å². The number of nitrogens with one attached hydrogen (secondary N) is 2. The van der Waals surface area contributed by atoms with Gasteiger partial charge in [0.15, 0.2) is 11.5 Å². The molecule has 1 fully saturated rings. The largest absolute Gasteiger partial charge is 0.497 e. The lowest BCUT2D eigenvalue weighted by atomic mass is 10.2. The fourth-order valence-corrected chi connectivity index (χ4v) is 3.92. The number of nitrogens with zero attached hydrogens (tertiary/aromatic N) is 2. The number of hydrogen-bond acceptors (Lipinski definition) is 7. The standard InChI is InChI=1S/C24H30N4O5/c1-31-20-6-4-19(5-7-20)28-13-11-27(12-14-28)10-2-9-25-23(29)24(30)26-18-3-8-21-22(17-18)33-16-15-32-21/h3-8,17H,2,9-16H2,1H3,(H,25,29)(H,26,30). The van der Waals surface area contributed by atoms with Crippen molar-refractivity contribution in [2.24, 2.45) is 0 Å². The summed E-state index contributed by atoms with van der Waals surface area (Å²) in [6, 6.07) is 13.2. The third-order valence-electron chi connectivity index (χ3n) is 5.75. The molecule has 0 aliphatic carbocycles. The molecule has 0 bridgehead atoms. The minimum absolute atomic E-state index is 0.450. The van der Waals surface area contributed by atoms with Crippen LogP contribution in [0.1, 0.15) is 6.42 Å². The summed E-state index contributed by atoms with van der Waals surface area (Å²) in [6.45, 7) is 6.12. The van der Waals surface area contributed by atoms with Gasteiger partial charge in [-0.25, -0.2) is 0 Å². The molecule has 4 rings (SSSR count). The van der Waals surface area contributed by atoms with Crippen LogP contribution in [0.5, 0.6) is 17.2 Å². The minimum atomic E-state index is -0.695. The number of amides is 2. The van der Waals surface area contributed by atoms with E-state index < -0.39 is 11.8 Å². The number of carbonyl (C=O) groups is 2. The Morgan fingerprint density at radius 1 is 0.939 bits per heavy atom. The third-order valence-corrected chi connectivity index (χ3v) is 5.75. The van der Waals surface area contributed by atoms with Crippen LogP contribution in [0.15, 0.2) is 42.5 Å². The molecule has 1 saturated heterocycles. The maximum absolute atomic E-state index is 12.2. The fraction of sp³-hybridized carbons (Fsp3) is 0.417. The average molecular weight is 455 g/mol. The van der Waals surface area contributed by atoms with Gasteiger partial charge in [-0.2, -0.15) is 0 Å². The van der Waals surface area contributed by atoms with E-state index in [1.807, 2.05) is 12.1 Å². The Balaban J connectivity index is 1.13. The van der Waals surface area contributed by atoms with E-state index in [0.29, 0.717) is 36.9 Å². The summed E-state index contributed by atoms with van der Waals surface area (Å²) < 4.78 is 16.2. The van der Waals surface area contributed by atoms with Gasteiger partial charge in [-0.1, -0.05) is 0 Å².